The highest BCUT2D eigenvalue weighted by atomic mass is 16.5. The summed E-state index contributed by atoms with van der Waals surface area (Å²) in [6, 6.07) is 18.2. The molecule has 3 atom stereocenters. The number of nitrogens with zero attached hydrogens (tertiary/aromatic N) is 1. The standard InChI is InChI=1S/C23H31N3O2/c1-17(13-14-20-9-5-4-6-10-20)24-23(27)25-21-11-7-8-12-22(21)26-15-18(2)28-19(3)16-26/h4-12,17-19H,13-16H2,1-3H3,(H2,24,25,27). The van der Waals surface area contributed by atoms with Crippen molar-refractivity contribution in [1.29, 1.82) is 0 Å². The molecule has 2 amide bonds. The monoisotopic (exact) mass is 381 g/mol. The fourth-order valence-electron chi connectivity index (χ4n) is 3.71. The van der Waals surface area contributed by atoms with Crippen LogP contribution in [0.1, 0.15) is 32.8 Å². The Balaban J connectivity index is 1.56. The van der Waals surface area contributed by atoms with Gasteiger partial charge in [-0.05, 0) is 51.3 Å². The number of morpholine rings is 1. The maximum Gasteiger partial charge on any atom is 0.319 e. The third-order valence-electron chi connectivity index (χ3n) is 5.00. The van der Waals surface area contributed by atoms with Crippen LogP contribution < -0.4 is 15.5 Å². The Morgan fingerprint density at radius 3 is 2.43 bits per heavy atom. The van der Waals surface area contributed by atoms with E-state index in [-0.39, 0.29) is 24.3 Å². The molecule has 1 aliphatic heterocycles. The normalized spacial score (nSPS) is 20.5. The van der Waals surface area contributed by atoms with Crippen molar-refractivity contribution in [1.82, 2.24) is 5.32 Å². The number of hydrogen-bond donors (Lipinski definition) is 2. The molecule has 2 aromatic rings. The molecule has 0 aliphatic carbocycles. The van der Waals surface area contributed by atoms with E-state index in [1.54, 1.807) is 0 Å². The third kappa shape index (κ3) is 5.73. The summed E-state index contributed by atoms with van der Waals surface area (Å²) in [6.07, 6.45) is 2.19. The van der Waals surface area contributed by atoms with Gasteiger partial charge < -0.3 is 20.3 Å². The van der Waals surface area contributed by atoms with Gasteiger partial charge in [0, 0.05) is 19.1 Å². The van der Waals surface area contributed by atoms with E-state index in [0.29, 0.717) is 0 Å². The molecule has 5 nitrogen and oxygen atoms in total. The Bertz CT molecular complexity index is 755. The molecule has 1 aliphatic rings. The number of urea groups is 1. The smallest absolute Gasteiger partial charge is 0.319 e. The first-order valence-electron chi connectivity index (χ1n) is 10.1. The fourth-order valence-corrected chi connectivity index (χ4v) is 3.71. The largest absolute Gasteiger partial charge is 0.372 e. The average Bonchev–Trinajstić information content (AvgIpc) is 2.67. The molecule has 28 heavy (non-hydrogen) atoms. The van der Waals surface area contributed by atoms with E-state index in [1.807, 2.05) is 43.3 Å². The van der Waals surface area contributed by atoms with Gasteiger partial charge in [-0.3, -0.25) is 0 Å². The molecule has 3 unspecified atom stereocenters. The Labute approximate surface area is 168 Å². The molecule has 1 saturated heterocycles. The number of nitrogens with one attached hydrogen (secondary N) is 2. The van der Waals surface area contributed by atoms with Crippen LogP contribution in [0.4, 0.5) is 16.2 Å². The molecular weight excluding hydrogens is 350 g/mol. The number of rotatable bonds is 6. The van der Waals surface area contributed by atoms with E-state index in [2.05, 4.69) is 47.6 Å². The highest BCUT2D eigenvalue weighted by Crippen LogP contribution is 2.28. The number of ether oxygens (including phenoxy) is 1. The minimum Gasteiger partial charge on any atom is -0.372 e. The lowest BCUT2D eigenvalue weighted by atomic mass is 10.1. The van der Waals surface area contributed by atoms with Crippen LogP contribution >= 0.6 is 0 Å². The second kappa shape index (κ2) is 9.60. The first-order valence-corrected chi connectivity index (χ1v) is 10.1. The molecule has 0 saturated carbocycles. The van der Waals surface area contributed by atoms with Gasteiger partial charge in [-0.1, -0.05) is 42.5 Å². The second-order valence-electron chi connectivity index (χ2n) is 7.70. The van der Waals surface area contributed by atoms with Crippen LogP contribution in [-0.2, 0) is 11.2 Å². The van der Waals surface area contributed by atoms with Crippen LogP contribution in [-0.4, -0.2) is 37.4 Å². The Kier molecular flexibility index (Phi) is 6.93. The number of benzene rings is 2. The fraction of sp³-hybridized carbons (Fsp3) is 0.435. The maximum absolute atomic E-state index is 12.5. The summed E-state index contributed by atoms with van der Waals surface area (Å²) in [5.41, 5.74) is 3.16. The van der Waals surface area contributed by atoms with Gasteiger partial charge >= 0.3 is 6.03 Å². The summed E-state index contributed by atoms with van der Waals surface area (Å²) < 4.78 is 5.83. The number of carbonyl (C=O) groups is 1. The lowest BCUT2D eigenvalue weighted by Crippen LogP contribution is -2.46. The minimum absolute atomic E-state index is 0.0933. The highest BCUT2D eigenvalue weighted by molar-refractivity contribution is 5.93. The molecular formula is C23H31N3O2. The first-order chi connectivity index (χ1) is 13.5. The van der Waals surface area contributed by atoms with Gasteiger partial charge in [-0.15, -0.1) is 0 Å². The van der Waals surface area contributed by atoms with Crippen molar-refractivity contribution in [3.63, 3.8) is 0 Å². The van der Waals surface area contributed by atoms with Crippen molar-refractivity contribution >= 4 is 17.4 Å². The van der Waals surface area contributed by atoms with Crippen molar-refractivity contribution in [3.05, 3.63) is 60.2 Å². The summed E-state index contributed by atoms with van der Waals surface area (Å²) in [7, 11) is 0. The molecule has 0 spiro atoms. The Hall–Kier alpha value is -2.53. The number of anilines is 2. The first kappa shape index (κ1) is 20.2. The number of para-hydroxylation sites is 2. The van der Waals surface area contributed by atoms with Gasteiger partial charge in [0.05, 0.1) is 23.6 Å². The van der Waals surface area contributed by atoms with Gasteiger partial charge in [0.15, 0.2) is 0 Å². The second-order valence-corrected chi connectivity index (χ2v) is 7.70. The van der Waals surface area contributed by atoms with Crippen LogP contribution in [0.15, 0.2) is 54.6 Å². The van der Waals surface area contributed by atoms with E-state index >= 15 is 0 Å². The summed E-state index contributed by atoms with van der Waals surface area (Å²) in [5.74, 6) is 0. The van der Waals surface area contributed by atoms with E-state index in [0.717, 1.165) is 37.3 Å². The van der Waals surface area contributed by atoms with Gasteiger partial charge in [-0.25, -0.2) is 4.79 Å². The molecule has 1 heterocycles. The summed E-state index contributed by atoms with van der Waals surface area (Å²) in [6.45, 7) is 7.84. The van der Waals surface area contributed by atoms with Gasteiger partial charge in [-0.2, -0.15) is 0 Å². The number of aryl methyl sites for hydroxylation is 1. The van der Waals surface area contributed by atoms with E-state index in [9.17, 15) is 4.79 Å². The van der Waals surface area contributed by atoms with Crippen molar-refractivity contribution in [3.8, 4) is 0 Å². The zero-order valence-electron chi connectivity index (χ0n) is 17.0. The molecule has 150 valence electrons. The zero-order valence-corrected chi connectivity index (χ0v) is 17.0. The Morgan fingerprint density at radius 2 is 1.71 bits per heavy atom. The molecule has 3 rings (SSSR count). The van der Waals surface area contributed by atoms with Gasteiger partial charge in [0.1, 0.15) is 0 Å². The SMILES string of the molecule is CC(CCc1ccccc1)NC(=O)Nc1ccccc1N1CC(C)OC(C)C1. The van der Waals surface area contributed by atoms with Crippen LogP contribution in [0.25, 0.3) is 0 Å². The van der Waals surface area contributed by atoms with E-state index in [4.69, 9.17) is 4.74 Å². The van der Waals surface area contributed by atoms with Crippen LogP contribution in [0.5, 0.6) is 0 Å². The number of carbonyl (C=O) groups excluding carboxylic acids is 1. The lowest BCUT2D eigenvalue weighted by Gasteiger charge is -2.37. The predicted octanol–water partition coefficient (Wildman–Crippen LogP) is 4.44. The lowest BCUT2D eigenvalue weighted by molar-refractivity contribution is -0.00517. The summed E-state index contributed by atoms with van der Waals surface area (Å²) in [4.78, 5) is 14.8. The van der Waals surface area contributed by atoms with Gasteiger partial charge in [0.2, 0.25) is 0 Å². The molecule has 0 bridgehead atoms. The molecule has 2 aromatic carbocycles. The van der Waals surface area contributed by atoms with Crippen molar-refractivity contribution < 1.29 is 9.53 Å². The predicted molar refractivity (Wildman–Crippen MR) is 115 cm³/mol. The van der Waals surface area contributed by atoms with Crippen molar-refractivity contribution in [2.24, 2.45) is 0 Å². The third-order valence-corrected chi connectivity index (χ3v) is 5.00. The van der Waals surface area contributed by atoms with Crippen LogP contribution in [0, 0.1) is 0 Å². The van der Waals surface area contributed by atoms with Crippen molar-refractivity contribution in [2.75, 3.05) is 23.3 Å². The average molecular weight is 382 g/mol. The molecule has 0 aromatic heterocycles. The minimum atomic E-state index is -0.164. The molecule has 2 N–H and O–H groups in total. The number of hydrogen-bond acceptors (Lipinski definition) is 3. The highest BCUT2D eigenvalue weighted by Gasteiger charge is 2.24. The maximum atomic E-state index is 12.5. The van der Waals surface area contributed by atoms with Crippen molar-refractivity contribution in [2.45, 2.75) is 51.9 Å². The van der Waals surface area contributed by atoms with E-state index in [1.165, 1.54) is 5.56 Å². The topological polar surface area (TPSA) is 53.6 Å². The molecule has 5 heteroatoms. The van der Waals surface area contributed by atoms with Crippen LogP contribution in [0.3, 0.4) is 0 Å². The van der Waals surface area contributed by atoms with E-state index < -0.39 is 0 Å². The molecule has 0 radical (unpaired) electrons. The number of amides is 2. The van der Waals surface area contributed by atoms with Gasteiger partial charge in [0.25, 0.3) is 0 Å². The zero-order chi connectivity index (χ0) is 19.9. The quantitative estimate of drug-likeness (QED) is 0.778. The Morgan fingerprint density at radius 1 is 1.07 bits per heavy atom. The molecule has 1 fully saturated rings. The summed E-state index contributed by atoms with van der Waals surface area (Å²) in [5, 5.41) is 6.09. The summed E-state index contributed by atoms with van der Waals surface area (Å²) >= 11 is 0. The van der Waals surface area contributed by atoms with Crippen LogP contribution in [0.2, 0.25) is 0 Å².